The van der Waals surface area contributed by atoms with Gasteiger partial charge in [0.25, 0.3) is 5.91 Å². The first-order valence-corrected chi connectivity index (χ1v) is 7.69. The summed E-state index contributed by atoms with van der Waals surface area (Å²) in [5, 5.41) is 2.91. The fourth-order valence-electron chi connectivity index (χ4n) is 2.17. The number of amides is 1. The predicted octanol–water partition coefficient (Wildman–Crippen LogP) is 4.02. The van der Waals surface area contributed by atoms with Gasteiger partial charge in [0.05, 0.1) is 5.56 Å². The Bertz CT molecular complexity index is 453. The highest BCUT2D eigenvalue weighted by Gasteiger charge is 2.25. The molecule has 0 aromatic heterocycles. The molecule has 0 spiro atoms. The van der Waals surface area contributed by atoms with Gasteiger partial charge < -0.3 is 5.32 Å². The Balaban J connectivity index is 2.09. The normalized spacial score (nSPS) is 23.7. The molecule has 1 saturated carbocycles. The van der Waals surface area contributed by atoms with Gasteiger partial charge in [-0.2, -0.15) is 0 Å². The summed E-state index contributed by atoms with van der Waals surface area (Å²) in [6.07, 6.45) is 4.27. The highest BCUT2D eigenvalue weighted by atomic mass is 79.9. The van der Waals surface area contributed by atoms with Gasteiger partial charge in [-0.25, -0.2) is 4.39 Å². The Morgan fingerprint density at radius 3 is 2.78 bits per heavy atom. The molecule has 1 N–H and O–H groups in total. The first kappa shape index (κ1) is 14.0. The van der Waals surface area contributed by atoms with E-state index in [1.54, 1.807) is 6.07 Å². The van der Waals surface area contributed by atoms with E-state index in [9.17, 15) is 9.18 Å². The molecule has 0 saturated heterocycles. The molecular formula is C13H14Br2FNO. The zero-order valence-corrected chi connectivity index (χ0v) is 12.9. The van der Waals surface area contributed by atoms with Crippen molar-refractivity contribution in [3.8, 4) is 0 Å². The van der Waals surface area contributed by atoms with Gasteiger partial charge in [-0.05, 0) is 31.0 Å². The fourth-order valence-corrected chi connectivity index (χ4v) is 3.25. The smallest absolute Gasteiger partial charge is 0.254 e. The van der Waals surface area contributed by atoms with E-state index in [0.29, 0.717) is 4.47 Å². The third-order valence-corrected chi connectivity index (χ3v) is 4.76. The third kappa shape index (κ3) is 3.32. The van der Waals surface area contributed by atoms with Crippen LogP contribution < -0.4 is 5.32 Å². The van der Waals surface area contributed by atoms with Crippen LogP contribution in [0.15, 0.2) is 22.7 Å². The topological polar surface area (TPSA) is 29.1 Å². The lowest BCUT2D eigenvalue weighted by molar-refractivity contribution is 0.0925. The summed E-state index contributed by atoms with van der Waals surface area (Å²) in [5.74, 6) is -0.831. The zero-order chi connectivity index (χ0) is 13.1. The van der Waals surface area contributed by atoms with E-state index < -0.39 is 5.82 Å². The molecule has 1 aliphatic rings. The molecule has 1 fully saturated rings. The molecule has 2 rings (SSSR count). The van der Waals surface area contributed by atoms with Crippen molar-refractivity contribution in [2.45, 2.75) is 36.6 Å². The van der Waals surface area contributed by atoms with Gasteiger partial charge in [-0.1, -0.05) is 44.7 Å². The molecule has 0 bridgehead atoms. The van der Waals surface area contributed by atoms with Gasteiger partial charge in [-0.3, -0.25) is 4.79 Å². The molecule has 0 heterocycles. The van der Waals surface area contributed by atoms with Crippen LogP contribution in [0.3, 0.4) is 0 Å². The van der Waals surface area contributed by atoms with Crippen molar-refractivity contribution in [1.82, 2.24) is 5.32 Å². The monoisotopic (exact) mass is 377 g/mol. The number of nitrogens with one attached hydrogen (secondary N) is 1. The minimum absolute atomic E-state index is 0.0876. The number of carbonyl (C=O) groups excluding carboxylic acids is 1. The second-order valence-corrected chi connectivity index (χ2v) is 6.60. The minimum atomic E-state index is -0.488. The van der Waals surface area contributed by atoms with E-state index in [2.05, 4.69) is 37.2 Å². The number of carbonyl (C=O) groups is 1. The van der Waals surface area contributed by atoms with Crippen molar-refractivity contribution >= 4 is 37.8 Å². The largest absolute Gasteiger partial charge is 0.348 e. The maximum atomic E-state index is 13.6. The molecule has 0 radical (unpaired) electrons. The summed E-state index contributed by atoms with van der Waals surface area (Å²) in [6.45, 7) is 0. The van der Waals surface area contributed by atoms with E-state index in [1.165, 1.54) is 18.6 Å². The van der Waals surface area contributed by atoms with Crippen molar-refractivity contribution in [1.29, 1.82) is 0 Å². The lowest BCUT2D eigenvalue weighted by atomic mass is 9.95. The van der Waals surface area contributed by atoms with Crippen LogP contribution in [-0.2, 0) is 0 Å². The molecule has 5 heteroatoms. The van der Waals surface area contributed by atoms with Gasteiger partial charge in [-0.15, -0.1) is 0 Å². The van der Waals surface area contributed by atoms with Gasteiger partial charge in [0, 0.05) is 15.3 Å². The van der Waals surface area contributed by atoms with E-state index in [0.717, 1.165) is 19.3 Å². The standard InChI is InChI=1S/C13H14Br2FNO/c14-8-5-6-11(16)9(7-8)13(18)17-12-4-2-1-3-10(12)15/h5-7,10,12H,1-4H2,(H,17,18). The van der Waals surface area contributed by atoms with Crippen molar-refractivity contribution < 1.29 is 9.18 Å². The minimum Gasteiger partial charge on any atom is -0.348 e. The number of halogens is 3. The molecular weight excluding hydrogens is 365 g/mol. The number of benzene rings is 1. The second kappa shape index (κ2) is 6.15. The van der Waals surface area contributed by atoms with Crippen LogP contribution >= 0.6 is 31.9 Å². The molecule has 1 aliphatic carbocycles. The van der Waals surface area contributed by atoms with E-state index in [-0.39, 0.29) is 22.3 Å². The van der Waals surface area contributed by atoms with Crippen molar-refractivity contribution in [2.24, 2.45) is 0 Å². The molecule has 2 atom stereocenters. The summed E-state index contributed by atoms with van der Waals surface area (Å²) < 4.78 is 14.3. The summed E-state index contributed by atoms with van der Waals surface area (Å²) >= 11 is 6.82. The fraction of sp³-hybridized carbons (Fsp3) is 0.462. The highest BCUT2D eigenvalue weighted by Crippen LogP contribution is 2.25. The van der Waals surface area contributed by atoms with Crippen LogP contribution in [0.2, 0.25) is 0 Å². The van der Waals surface area contributed by atoms with Gasteiger partial charge >= 0.3 is 0 Å². The third-order valence-electron chi connectivity index (χ3n) is 3.17. The Kier molecular flexibility index (Phi) is 4.78. The van der Waals surface area contributed by atoms with Crippen LogP contribution in [-0.4, -0.2) is 16.8 Å². The average Bonchev–Trinajstić information content (AvgIpc) is 2.35. The molecule has 98 valence electrons. The maximum absolute atomic E-state index is 13.6. The first-order chi connectivity index (χ1) is 8.58. The SMILES string of the molecule is O=C(NC1CCCCC1Br)c1cc(Br)ccc1F. The van der Waals surface area contributed by atoms with Gasteiger partial charge in [0.2, 0.25) is 0 Å². The van der Waals surface area contributed by atoms with Crippen LogP contribution in [0.4, 0.5) is 4.39 Å². The zero-order valence-electron chi connectivity index (χ0n) is 9.76. The average molecular weight is 379 g/mol. The van der Waals surface area contributed by atoms with Crippen LogP contribution in [0.1, 0.15) is 36.0 Å². The molecule has 2 nitrogen and oxygen atoms in total. The summed E-state index contributed by atoms with van der Waals surface area (Å²) in [5.41, 5.74) is 0.0923. The molecule has 1 amide bonds. The van der Waals surface area contributed by atoms with Gasteiger partial charge in [0.15, 0.2) is 0 Å². The Morgan fingerprint density at radius 1 is 1.33 bits per heavy atom. The lowest BCUT2D eigenvalue weighted by Gasteiger charge is -2.28. The molecule has 0 aliphatic heterocycles. The molecule has 1 aromatic carbocycles. The summed E-state index contributed by atoms with van der Waals surface area (Å²) in [4.78, 5) is 12.3. The Labute approximate surface area is 123 Å². The number of alkyl halides is 1. The number of hydrogen-bond acceptors (Lipinski definition) is 1. The molecule has 2 unspecified atom stereocenters. The maximum Gasteiger partial charge on any atom is 0.254 e. The van der Waals surface area contributed by atoms with Gasteiger partial charge in [0.1, 0.15) is 5.82 Å². The number of hydrogen-bond donors (Lipinski definition) is 1. The predicted molar refractivity (Wildman–Crippen MR) is 76.5 cm³/mol. The van der Waals surface area contributed by atoms with E-state index in [4.69, 9.17) is 0 Å². The molecule has 1 aromatic rings. The first-order valence-electron chi connectivity index (χ1n) is 5.98. The summed E-state index contributed by atoms with van der Waals surface area (Å²) in [6, 6.07) is 4.48. The Hall–Kier alpha value is -0.420. The van der Waals surface area contributed by atoms with E-state index >= 15 is 0 Å². The highest BCUT2D eigenvalue weighted by molar-refractivity contribution is 9.10. The summed E-state index contributed by atoms with van der Waals surface area (Å²) in [7, 11) is 0. The van der Waals surface area contributed by atoms with E-state index in [1.807, 2.05) is 0 Å². The Morgan fingerprint density at radius 2 is 2.06 bits per heavy atom. The quantitative estimate of drug-likeness (QED) is 0.773. The second-order valence-electron chi connectivity index (χ2n) is 4.50. The van der Waals surface area contributed by atoms with Crippen LogP contribution in [0.25, 0.3) is 0 Å². The van der Waals surface area contributed by atoms with Crippen LogP contribution in [0.5, 0.6) is 0 Å². The van der Waals surface area contributed by atoms with Crippen molar-refractivity contribution in [3.05, 3.63) is 34.1 Å². The lowest BCUT2D eigenvalue weighted by Crippen LogP contribution is -2.42. The van der Waals surface area contributed by atoms with Crippen LogP contribution in [0, 0.1) is 5.82 Å². The molecule has 18 heavy (non-hydrogen) atoms. The van der Waals surface area contributed by atoms with Crippen molar-refractivity contribution in [3.63, 3.8) is 0 Å². The number of rotatable bonds is 2. The van der Waals surface area contributed by atoms with Crippen molar-refractivity contribution in [2.75, 3.05) is 0 Å².